The van der Waals surface area contributed by atoms with Crippen molar-refractivity contribution in [2.24, 2.45) is 0 Å². The molecule has 0 spiro atoms. The summed E-state index contributed by atoms with van der Waals surface area (Å²) in [5, 5.41) is 4.98. The lowest BCUT2D eigenvalue weighted by atomic mass is 10.2. The monoisotopic (exact) mass is 393 g/mol. The lowest BCUT2D eigenvalue weighted by Gasteiger charge is -2.21. The largest absolute Gasteiger partial charge is 0.467 e. The molecular formula is C20H19N5O2S. The molecule has 1 aromatic carbocycles. The zero-order valence-electron chi connectivity index (χ0n) is 15.6. The van der Waals surface area contributed by atoms with Crippen molar-refractivity contribution >= 4 is 29.1 Å². The Morgan fingerprint density at radius 3 is 2.71 bits per heavy atom. The number of nitrogens with zero attached hydrogens (tertiary/aromatic N) is 5. The summed E-state index contributed by atoms with van der Waals surface area (Å²) in [6.07, 6.45) is 1.61. The second kappa shape index (κ2) is 7.85. The molecule has 7 nitrogen and oxygen atoms in total. The second-order valence-corrected chi connectivity index (χ2v) is 7.27. The molecule has 0 radical (unpaired) electrons. The number of anilines is 1. The number of hydrogen-bond donors (Lipinski definition) is 0. The van der Waals surface area contributed by atoms with Gasteiger partial charge in [-0.2, -0.15) is 4.98 Å². The number of para-hydroxylation sites is 1. The van der Waals surface area contributed by atoms with Gasteiger partial charge in [-0.25, -0.2) is 9.50 Å². The van der Waals surface area contributed by atoms with E-state index in [-0.39, 0.29) is 11.7 Å². The van der Waals surface area contributed by atoms with Crippen molar-refractivity contribution in [3.63, 3.8) is 0 Å². The highest BCUT2D eigenvalue weighted by Gasteiger charge is 2.19. The first-order chi connectivity index (χ1) is 13.6. The molecule has 0 bridgehead atoms. The first-order valence-electron chi connectivity index (χ1n) is 8.82. The van der Waals surface area contributed by atoms with Gasteiger partial charge in [0.05, 0.1) is 18.6 Å². The van der Waals surface area contributed by atoms with Crippen LogP contribution >= 0.6 is 11.8 Å². The van der Waals surface area contributed by atoms with Crippen molar-refractivity contribution in [3.05, 3.63) is 71.9 Å². The summed E-state index contributed by atoms with van der Waals surface area (Å²) in [5.74, 6) is 1.43. The summed E-state index contributed by atoms with van der Waals surface area (Å²) < 4.78 is 7.12. The Morgan fingerprint density at radius 2 is 1.96 bits per heavy atom. The summed E-state index contributed by atoms with van der Waals surface area (Å²) in [7, 11) is 0. The first kappa shape index (κ1) is 18.2. The van der Waals surface area contributed by atoms with E-state index in [2.05, 4.69) is 15.1 Å². The van der Waals surface area contributed by atoms with E-state index in [0.29, 0.717) is 17.5 Å². The molecule has 4 rings (SSSR count). The Bertz CT molecular complexity index is 1090. The van der Waals surface area contributed by atoms with E-state index in [1.54, 1.807) is 15.7 Å². The number of carbonyl (C=O) groups excluding carboxylic acids is 1. The van der Waals surface area contributed by atoms with Gasteiger partial charge in [0.25, 0.3) is 5.78 Å². The molecule has 4 aromatic rings. The fraction of sp³-hybridized carbons (Fsp3) is 0.200. The predicted octanol–water partition coefficient (Wildman–Crippen LogP) is 3.66. The van der Waals surface area contributed by atoms with E-state index in [1.165, 1.54) is 11.8 Å². The van der Waals surface area contributed by atoms with Crippen molar-refractivity contribution in [1.82, 2.24) is 19.6 Å². The van der Waals surface area contributed by atoms with E-state index < -0.39 is 0 Å². The van der Waals surface area contributed by atoms with Gasteiger partial charge in [-0.15, -0.1) is 5.10 Å². The molecule has 0 fully saturated rings. The van der Waals surface area contributed by atoms with E-state index in [1.807, 2.05) is 62.4 Å². The molecule has 3 heterocycles. The molecule has 142 valence electrons. The van der Waals surface area contributed by atoms with Crippen molar-refractivity contribution in [1.29, 1.82) is 0 Å². The third kappa shape index (κ3) is 3.91. The molecule has 0 aliphatic carbocycles. The van der Waals surface area contributed by atoms with Crippen LogP contribution in [0.5, 0.6) is 0 Å². The van der Waals surface area contributed by atoms with Crippen LogP contribution in [-0.4, -0.2) is 31.2 Å². The normalized spacial score (nSPS) is 11.1. The molecule has 0 N–H and O–H groups in total. The summed E-state index contributed by atoms with van der Waals surface area (Å²) in [6, 6.07) is 15.2. The Hall–Kier alpha value is -3.13. The Kier molecular flexibility index (Phi) is 5.12. The Morgan fingerprint density at radius 1 is 1.14 bits per heavy atom. The standard InChI is InChI=1S/C20H19N5O2S/c1-14-11-15(2)25-19(21-14)22-20(23-25)28-13-18(26)24(12-17-9-6-10-27-17)16-7-4-3-5-8-16/h3-11H,12-13H2,1-2H3. The number of fused-ring (bicyclic) bond motifs is 1. The highest BCUT2D eigenvalue weighted by atomic mass is 32.2. The number of aromatic nitrogens is 4. The summed E-state index contributed by atoms with van der Waals surface area (Å²) >= 11 is 1.30. The number of rotatable bonds is 6. The van der Waals surface area contributed by atoms with Crippen molar-refractivity contribution in [2.45, 2.75) is 25.5 Å². The predicted molar refractivity (Wildman–Crippen MR) is 107 cm³/mol. The maximum atomic E-state index is 13.0. The average Bonchev–Trinajstić information content (AvgIpc) is 3.34. The van der Waals surface area contributed by atoms with Gasteiger partial charge in [0, 0.05) is 17.1 Å². The molecule has 0 saturated heterocycles. The summed E-state index contributed by atoms with van der Waals surface area (Å²) in [4.78, 5) is 23.5. The topological polar surface area (TPSA) is 76.5 Å². The Labute approximate surface area is 166 Å². The number of furan rings is 1. The number of aryl methyl sites for hydroxylation is 2. The van der Waals surface area contributed by atoms with Gasteiger partial charge in [0.2, 0.25) is 11.1 Å². The maximum absolute atomic E-state index is 13.0. The third-order valence-electron chi connectivity index (χ3n) is 4.19. The van der Waals surface area contributed by atoms with Crippen molar-refractivity contribution in [2.75, 3.05) is 10.7 Å². The fourth-order valence-corrected chi connectivity index (χ4v) is 3.60. The Balaban J connectivity index is 1.52. The number of carbonyl (C=O) groups is 1. The molecule has 0 aliphatic rings. The smallest absolute Gasteiger partial charge is 0.253 e. The molecule has 0 saturated carbocycles. The minimum atomic E-state index is -0.0488. The number of thioether (sulfide) groups is 1. The highest BCUT2D eigenvalue weighted by Crippen LogP contribution is 2.21. The number of benzene rings is 1. The molecule has 1 amide bonds. The molecular weight excluding hydrogens is 374 g/mol. The zero-order valence-corrected chi connectivity index (χ0v) is 16.4. The molecule has 8 heteroatoms. The summed E-state index contributed by atoms with van der Waals surface area (Å²) in [6.45, 7) is 4.25. The van der Waals surface area contributed by atoms with Crippen LogP contribution in [0.2, 0.25) is 0 Å². The van der Waals surface area contributed by atoms with Crippen molar-refractivity contribution < 1.29 is 9.21 Å². The quantitative estimate of drug-likeness (QED) is 0.465. The van der Waals surface area contributed by atoms with Crippen LogP contribution in [0.4, 0.5) is 5.69 Å². The molecule has 28 heavy (non-hydrogen) atoms. The minimum Gasteiger partial charge on any atom is -0.467 e. The first-order valence-corrected chi connectivity index (χ1v) is 9.80. The SMILES string of the molecule is Cc1cc(C)n2nc(SCC(=O)N(Cc3ccco3)c3ccccc3)nc2n1. The third-order valence-corrected chi connectivity index (χ3v) is 5.01. The molecule has 0 unspecified atom stereocenters. The van der Waals surface area contributed by atoms with Gasteiger partial charge in [-0.1, -0.05) is 30.0 Å². The van der Waals surface area contributed by atoms with Crippen LogP contribution in [0, 0.1) is 13.8 Å². The summed E-state index contributed by atoms with van der Waals surface area (Å²) in [5.41, 5.74) is 2.66. The number of hydrogen-bond acceptors (Lipinski definition) is 6. The van der Waals surface area contributed by atoms with Gasteiger partial charge in [0.15, 0.2) is 0 Å². The van der Waals surface area contributed by atoms with Crippen LogP contribution in [0.1, 0.15) is 17.1 Å². The van der Waals surface area contributed by atoms with Crippen LogP contribution in [0.15, 0.2) is 64.4 Å². The van der Waals surface area contributed by atoms with Crippen LogP contribution in [0.25, 0.3) is 5.78 Å². The second-order valence-electron chi connectivity index (χ2n) is 6.33. The molecule has 3 aromatic heterocycles. The molecule has 0 aliphatic heterocycles. The van der Waals surface area contributed by atoms with E-state index in [0.717, 1.165) is 22.8 Å². The van der Waals surface area contributed by atoms with Crippen LogP contribution in [0.3, 0.4) is 0 Å². The van der Waals surface area contributed by atoms with Crippen molar-refractivity contribution in [3.8, 4) is 0 Å². The van der Waals surface area contributed by atoms with Gasteiger partial charge < -0.3 is 9.32 Å². The molecule has 0 atom stereocenters. The number of amides is 1. The van der Waals surface area contributed by atoms with Gasteiger partial charge >= 0.3 is 0 Å². The maximum Gasteiger partial charge on any atom is 0.253 e. The van der Waals surface area contributed by atoms with Gasteiger partial charge in [0.1, 0.15) is 5.76 Å². The van der Waals surface area contributed by atoms with Crippen LogP contribution < -0.4 is 4.90 Å². The fourth-order valence-electron chi connectivity index (χ4n) is 2.90. The average molecular weight is 393 g/mol. The van der Waals surface area contributed by atoms with Gasteiger partial charge in [-0.3, -0.25) is 4.79 Å². The highest BCUT2D eigenvalue weighted by molar-refractivity contribution is 7.99. The minimum absolute atomic E-state index is 0.0488. The van der Waals surface area contributed by atoms with E-state index >= 15 is 0 Å². The van der Waals surface area contributed by atoms with E-state index in [9.17, 15) is 4.79 Å². The lowest BCUT2D eigenvalue weighted by Crippen LogP contribution is -2.31. The van der Waals surface area contributed by atoms with Gasteiger partial charge in [-0.05, 0) is 44.2 Å². The lowest BCUT2D eigenvalue weighted by molar-refractivity contribution is -0.116. The van der Waals surface area contributed by atoms with E-state index in [4.69, 9.17) is 4.42 Å². The van der Waals surface area contributed by atoms with Crippen LogP contribution in [-0.2, 0) is 11.3 Å². The zero-order chi connectivity index (χ0) is 19.5.